The van der Waals surface area contributed by atoms with Crippen molar-refractivity contribution in [3.05, 3.63) is 35.9 Å². The summed E-state index contributed by atoms with van der Waals surface area (Å²) in [4.78, 5) is 4.17. The normalized spacial score (nSPS) is 10.3. The Morgan fingerprint density at radius 2 is 2.43 bits per heavy atom. The summed E-state index contributed by atoms with van der Waals surface area (Å²) in [5.74, 6) is 0.750. The van der Waals surface area contributed by atoms with E-state index in [4.69, 9.17) is 10.00 Å². The van der Waals surface area contributed by atoms with Crippen molar-refractivity contribution < 1.29 is 4.74 Å². The Kier molecular flexibility index (Phi) is 2.17. The molecule has 0 atom stereocenters. The van der Waals surface area contributed by atoms with Gasteiger partial charge in [-0.2, -0.15) is 5.26 Å². The lowest BCUT2D eigenvalue weighted by molar-refractivity contribution is 0.177. The molecule has 0 aliphatic heterocycles. The predicted molar refractivity (Wildman–Crippen MR) is 50.6 cm³/mol. The zero-order chi connectivity index (χ0) is 9.97. The molecule has 70 valence electrons. The second-order valence-corrected chi connectivity index (χ2v) is 2.88. The number of nitrogens with zero attached hydrogens (tertiary/aromatic N) is 3. The van der Waals surface area contributed by atoms with Crippen molar-refractivity contribution in [1.29, 1.82) is 5.26 Å². The lowest BCUT2D eigenvalue weighted by atomic mass is 10.3. The third-order valence-electron chi connectivity index (χ3n) is 2.00. The summed E-state index contributed by atoms with van der Waals surface area (Å²) >= 11 is 0. The number of hydrogen-bond acceptors (Lipinski definition) is 3. The Morgan fingerprint density at radius 3 is 3.14 bits per heavy atom. The summed E-state index contributed by atoms with van der Waals surface area (Å²) in [6.45, 7) is 0.410. The summed E-state index contributed by atoms with van der Waals surface area (Å²) in [5, 5.41) is 8.85. The first-order valence-electron chi connectivity index (χ1n) is 4.22. The number of rotatable bonds is 2. The van der Waals surface area contributed by atoms with Gasteiger partial charge in [0.15, 0.2) is 5.69 Å². The van der Waals surface area contributed by atoms with Crippen LogP contribution in [0.2, 0.25) is 0 Å². The maximum Gasteiger partial charge on any atom is 0.166 e. The van der Waals surface area contributed by atoms with Gasteiger partial charge in [-0.15, -0.1) is 0 Å². The van der Waals surface area contributed by atoms with Gasteiger partial charge in [0.1, 0.15) is 18.5 Å². The van der Waals surface area contributed by atoms with Crippen molar-refractivity contribution in [3.63, 3.8) is 0 Å². The van der Waals surface area contributed by atoms with Gasteiger partial charge < -0.3 is 9.14 Å². The summed E-state index contributed by atoms with van der Waals surface area (Å²) in [7, 11) is 1.61. The van der Waals surface area contributed by atoms with Gasteiger partial charge in [0.05, 0.1) is 5.52 Å². The van der Waals surface area contributed by atoms with Crippen molar-refractivity contribution in [3.8, 4) is 6.07 Å². The Labute approximate surface area is 81.4 Å². The molecule has 0 aliphatic carbocycles. The van der Waals surface area contributed by atoms with E-state index >= 15 is 0 Å². The third kappa shape index (κ3) is 1.24. The van der Waals surface area contributed by atoms with Gasteiger partial charge in [-0.3, -0.25) is 0 Å². The van der Waals surface area contributed by atoms with Crippen molar-refractivity contribution in [2.75, 3.05) is 7.11 Å². The molecule has 0 aliphatic rings. The first-order valence-corrected chi connectivity index (χ1v) is 4.22. The van der Waals surface area contributed by atoms with Crippen LogP contribution < -0.4 is 0 Å². The molecular weight excluding hydrogens is 178 g/mol. The van der Waals surface area contributed by atoms with E-state index < -0.39 is 0 Å². The maximum atomic E-state index is 8.85. The summed E-state index contributed by atoms with van der Waals surface area (Å²) < 4.78 is 6.86. The molecule has 0 amide bonds. The van der Waals surface area contributed by atoms with E-state index in [0.717, 1.165) is 11.3 Å². The van der Waals surface area contributed by atoms with Crippen LogP contribution >= 0.6 is 0 Å². The van der Waals surface area contributed by atoms with Gasteiger partial charge in [-0.25, -0.2) is 4.98 Å². The molecule has 2 heterocycles. The molecule has 0 N–H and O–H groups in total. The van der Waals surface area contributed by atoms with Gasteiger partial charge in [0.25, 0.3) is 0 Å². The highest BCUT2D eigenvalue weighted by molar-refractivity contribution is 5.58. The average molecular weight is 187 g/mol. The van der Waals surface area contributed by atoms with Crippen LogP contribution in [0, 0.1) is 11.3 Å². The molecule has 0 fully saturated rings. The highest BCUT2D eigenvalue weighted by Crippen LogP contribution is 2.12. The molecule has 0 spiro atoms. The SMILES string of the molecule is COCc1nc(C#N)c2ccccn12. The Balaban J connectivity index is 2.68. The fraction of sp³-hybridized carbons (Fsp3) is 0.200. The fourth-order valence-corrected chi connectivity index (χ4v) is 1.41. The largest absolute Gasteiger partial charge is 0.377 e. The second kappa shape index (κ2) is 3.48. The lowest BCUT2D eigenvalue weighted by Crippen LogP contribution is -1.95. The molecule has 0 aromatic carbocycles. The van der Waals surface area contributed by atoms with E-state index in [-0.39, 0.29) is 0 Å². The molecule has 0 bridgehead atoms. The highest BCUT2D eigenvalue weighted by atomic mass is 16.5. The summed E-state index contributed by atoms with van der Waals surface area (Å²) in [6, 6.07) is 7.71. The molecule has 2 rings (SSSR count). The van der Waals surface area contributed by atoms with E-state index in [0.29, 0.717) is 12.3 Å². The number of ether oxygens (including phenoxy) is 1. The van der Waals surface area contributed by atoms with Crippen LogP contribution in [0.1, 0.15) is 11.5 Å². The quantitative estimate of drug-likeness (QED) is 0.713. The number of methoxy groups -OCH3 is 1. The van der Waals surface area contributed by atoms with Crippen LogP contribution in [0.4, 0.5) is 0 Å². The van der Waals surface area contributed by atoms with Crippen LogP contribution in [0.5, 0.6) is 0 Å². The van der Waals surface area contributed by atoms with E-state index in [1.165, 1.54) is 0 Å². The van der Waals surface area contributed by atoms with Gasteiger partial charge in [0.2, 0.25) is 0 Å². The minimum atomic E-state index is 0.410. The molecule has 4 heteroatoms. The fourth-order valence-electron chi connectivity index (χ4n) is 1.41. The standard InChI is InChI=1S/C10H9N3O/c1-14-7-10-12-8(6-11)9-4-2-3-5-13(9)10/h2-5H,7H2,1H3. The number of nitriles is 1. The third-order valence-corrected chi connectivity index (χ3v) is 2.00. The minimum Gasteiger partial charge on any atom is -0.377 e. The van der Waals surface area contributed by atoms with E-state index in [1.807, 2.05) is 28.8 Å². The van der Waals surface area contributed by atoms with Crippen LogP contribution in [0.3, 0.4) is 0 Å². The molecule has 4 nitrogen and oxygen atoms in total. The number of fused-ring (bicyclic) bond motifs is 1. The molecule has 2 aromatic heterocycles. The Morgan fingerprint density at radius 1 is 1.57 bits per heavy atom. The van der Waals surface area contributed by atoms with Crippen LogP contribution in [-0.2, 0) is 11.3 Å². The average Bonchev–Trinajstić information content (AvgIpc) is 2.58. The molecule has 2 aromatic rings. The number of hydrogen-bond donors (Lipinski definition) is 0. The first kappa shape index (κ1) is 8.73. The van der Waals surface area contributed by atoms with Gasteiger partial charge in [0, 0.05) is 13.3 Å². The van der Waals surface area contributed by atoms with E-state index in [9.17, 15) is 0 Å². The molecular formula is C10H9N3O. The van der Waals surface area contributed by atoms with Crippen LogP contribution in [0.15, 0.2) is 24.4 Å². The topological polar surface area (TPSA) is 50.3 Å². The number of aromatic nitrogens is 2. The number of pyridine rings is 1. The Hall–Kier alpha value is -1.86. The van der Waals surface area contributed by atoms with Crippen LogP contribution in [0.25, 0.3) is 5.52 Å². The lowest BCUT2D eigenvalue weighted by Gasteiger charge is -1.97. The van der Waals surface area contributed by atoms with Gasteiger partial charge in [-0.1, -0.05) is 6.07 Å². The second-order valence-electron chi connectivity index (χ2n) is 2.88. The van der Waals surface area contributed by atoms with Gasteiger partial charge >= 0.3 is 0 Å². The summed E-state index contributed by atoms with van der Waals surface area (Å²) in [6.07, 6.45) is 1.87. The Bertz CT molecular complexity index is 496. The van der Waals surface area contributed by atoms with E-state index in [2.05, 4.69) is 11.1 Å². The van der Waals surface area contributed by atoms with Crippen molar-refractivity contribution >= 4 is 5.52 Å². The van der Waals surface area contributed by atoms with Crippen molar-refractivity contribution in [2.24, 2.45) is 0 Å². The highest BCUT2D eigenvalue weighted by Gasteiger charge is 2.08. The number of imidazole rings is 1. The maximum absolute atomic E-state index is 8.85. The van der Waals surface area contributed by atoms with Crippen molar-refractivity contribution in [2.45, 2.75) is 6.61 Å². The molecule has 0 saturated heterocycles. The minimum absolute atomic E-state index is 0.410. The smallest absolute Gasteiger partial charge is 0.166 e. The van der Waals surface area contributed by atoms with Gasteiger partial charge in [-0.05, 0) is 12.1 Å². The van der Waals surface area contributed by atoms with E-state index in [1.54, 1.807) is 7.11 Å². The monoisotopic (exact) mass is 187 g/mol. The molecule has 0 unspecified atom stereocenters. The zero-order valence-electron chi connectivity index (χ0n) is 7.77. The zero-order valence-corrected chi connectivity index (χ0v) is 7.77. The van der Waals surface area contributed by atoms with Crippen molar-refractivity contribution in [1.82, 2.24) is 9.38 Å². The summed E-state index contributed by atoms with van der Waals surface area (Å²) in [5.41, 5.74) is 1.26. The van der Waals surface area contributed by atoms with Crippen LogP contribution in [-0.4, -0.2) is 16.5 Å². The first-order chi connectivity index (χ1) is 6.86. The molecule has 14 heavy (non-hydrogen) atoms. The predicted octanol–water partition coefficient (Wildman–Crippen LogP) is 1.35. The molecule has 0 saturated carbocycles. The molecule has 0 radical (unpaired) electrons.